The van der Waals surface area contributed by atoms with E-state index in [2.05, 4.69) is 27.3 Å². The highest BCUT2D eigenvalue weighted by atomic mass is 15.2. The van der Waals surface area contributed by atoms with Crippen molar-refractivity contribution < 1.29 is 0 Å². The Kier molecular flexibility index (Phi) is 5.86. The van der Waals surface area contributed by atoms with Gasteiger partial charge in [0.1, 0.15) is 5.82 Å². The molecule has 1 aromatic heterocycles. The highest BCUT2D eigenvalue weighted by molar-refractivity contribution is 5.39. The maximum Gasteiger partial charge on any atom is 0.128 e. The fourth-order valence-electron chi connectivity index (χ4n) is 1.78. The van der Waals surface area contributed by atoms with Crippen molar-refractivity contribution in [2.24, 2.45) is 0 Å². The first kappa shape index (κ1) is 13.0. The zero-order valence-corrected chi connectivity index (χ0v) is 10.7. The second-order valence-electron chi connectivity index (χ2n) is 3.73. The Balaban J connectivity index is 0.000000606. The van der Waals surface area contributed by atoms with Gasteiger partial charge in [-0.2, -0.15) is 0 Å². The molecule has 0 atom stereocenters. The molecule has 3 heteroatoms. The number of rotatable bonds is 1. The molecule has 90 valence electrons. The molecule has 1 N–H and O–H groups in total. The number of aromatic nitrogens is 1. The van der Waals surface area contributed by atoms with Crippen molar-refractivity contribution in [3.05, 3.63) is 23.9 Å². The molecule has 1 saturated heterocycles. The van der Waals surface area contributed by atoms with E-state index < -0.39 is 0 Å². The molecule has 1 aliphatic rings. The zero-order chi connectivity index (χ0) is 11.8. The summed E-state index contributed by atoms with van der Waals surface area (Å²) in [6.07, 6.45) is 1.20. The van der Waals surface area contributed by atoms with E-state index in [0.29, 0.717) is 0 Å². The van der Waals surface area contributed by atoms with Gasteiger partial charge in [0.2, 0.25) is 0 Å². The highest BCUT2D eigenvalue weighted by Gasteiger charge is 2.09. The van der Waals surface area contributed by atoms with E-state index in [0.717, 1.165) is 37.7 Å². The molecule has 0 radical (unpaired) electrons. The number of hydrogen-bond donors (Lipinski definition) is 1. The van der Waals surface area contributed by atoms with Gasteiger partial charge in [-0.1, -0.05) is 19.9 Å². The predicted molar refractivity (Wildman–Crippen MR) is 70.0 cm³/mol. The molecular weight excluding hydrogens is 198 g/mol. The largest absolute Gasteiger partial charge is 0.355 e. The fraction of sp³-hybridized carbons (Fsp3) is 0.615. The van der Waals surface area contributed by atoms with Gasteiger partial charge in [0.05, 0.1) is 0 Å². The highest BCUT2D eigenvalue weighted by Crippen LogP contribution is 2.11. The summed E-state index contributed by atoms with van der Waals surface area (Å²) in [6.45, 7) is 10.4. The lowest BCUT2D eigenvalue weighted by Crippen LogP contribution is -2.28. The number of pyridine rings is 1. The van der Waals surface area contributed by atoms with E-state index in [1.807, 2.05) is 26.8 Å². The van der Waals surface area contributed by atoms with E-state index in [-0.39, 0.29) is 0 Å². The average molecular weight is 221 g/mol. The third kappa shape index (κ3) is 3.81. The minimum atomic E-state index is 1.07. The Morgan fingerprint density at radius 1 is 1.19 bits per heavy atom. The first-order chi connectivity index (χ1) is 7.86. The third-order valence-corrected chi connectivity index (χ3v) is 2.54. The molecule has 1 fully saturated rings. The van der Waals surface area contributed by atoms with Gasteiger partial charge in [-0.15, -0.1) is 0 Å². The normalized spacial score (nSPS) is 16.1. The van der Waals surface area contributed by atoms with E-state index in [1.54, 1.807) is 0 Å². The fourth-order valence-corrected chi connectivity index (χ4v) is 1.78. The minimum absolute atomic E-state index is 1.07. The van der Waals surface area contributed by atoms with Gasteiger partial charge in [-0.25, -0.2) is 4.98 Å². The van der Waals surface area contributed by atoms with Crippen LogP contribution in [0, 0.1) is 6.92 Å². The smallest absolute Gasteiger partial charge is 0.128 e. The van der Waals surface area contributed by atoms with Crippen LogP contribution in [0.1, 0.15) is 26.0 Å². The molecule has 1 aromatic rings. The van der Waals surface area contributed by atoms with Crippen LogP contribution in [0.15, 0.2) is 18.2 Å². The Morgan fingerprint density at radius 2 is 2.00 bits per heavy atom. The summed E-state index contributed by atoms with van der Waals surface area (Å²) < 4.78 is 0. The second-order valence-corrected chi connectivity index (χ2v) is 3.73. The summed E-state index contributed by atoms with van der Waals surface area (Å²) in [5.74, 6) is 1.12. The van der Waals surface area contributed by atoms with Gasteiger partial charge in [-0.05, 0) is 32.0 Å². The van der Waals surface area contributed by atoms with Gasteiger partial charge in [0.25, 0.3) is 0 Å². The van der Waals surface area contributed by atoms with Crippen molar-refractivity contribution in [2.75, 3.05) is 31.1 Å². The first-order valence-corrected chi connectivity index (χ1v) is 6.25. The van der Waals surface area contributed by atoms with E-state index in [1.165, 1.54) is 6.42 Å². The lowest BCUT2D eigenvalue weighted by molar-refractivity contribution is 0.724. The number of nitrogens with one attached hydrogen (secondary N) is 1. The van der Waals surface area contributed by atoms with Crippen LogP contribution < -0.4 is 10.2 Å². The molecular formula is C13H23N3. The van der Waals surface area contributed by atoms with Crippen LogP contribution in [0.25, 0.3) is 0 Å². The predicted octanol–water partition coefficient (Wildman–Crippen LogP) is 2.22. The first-order valence-electron chi connectivity index (χ1n) is 6.25. The Bertz CT molecular complexity index is 291. The van der Waals surface area contributed by atoms with E-state index in [4.69, 9.17) is 0 Å². The average Bonchev–Trinajstić information content (AvgIpc) is 2.60. The van der Waals surface area contributed by atoms with Crippen molar-refractivity contribution in [2.45, 2.75) is 27.2 Å². The Morgan fingerprint density at radius 3 is 2.75 bits per heavy atom. The van der Waals surface area contributed by atoms with E-state index in [9.17, 15) is 0 Å². The summed E-state index contributed by atoms with van der Waals surface area (Å²) >= 11 is 0. The zero-order valence-electron chi connectivity index (χ0n) is 10.7. The van der Waals surface area contributed by atoms with Gasteiger partial charge in [-0.3, -0.25) is 0 Å². The Hall–Kier alpha value is -1.09. The van der Waals surface area contributed by atoms with Gasteiger partial charge >= 0.3 is 0 Å². The van der Waals surface area contributed by atoms with Gasteiger partial charge in [0.15, 0.2) is 0 Å². The molecule has 0 aromatic carbocycles. The summed E-state index contributed by atoms with van der Waals surface area (Å²) in [4.78, 5) is 6.89. The monoisotopic (exact) mass is 221 g/mol. The SMILES string of the molecule is CC.Cc1cccc(N2CCCNCC2)n1. The molecule has 0 spiro atoms. The van der Waals surface area contributed by atoms with Gasteiger partial charge in [0, 0.05) is 25.3 Å². The molecule has 0 amide bonds. The van der Waals surface area contributed by atoms with Crippen LogP contribution in [0.3, 0.4) is 0 Å². The topological polar surface area (TPSA) is 28.2 Å². The van der Waals surface area contributed by atoms with Crippen molar-refractivity contribution >= 4 is 5.82 Å². The molecule has 0 bridgehead atoms. The quantitative estimate of drug-likeness (QED) is 0.788. The number of hydrogen-bond acceptors (Lipinski definition) is 3. The number of anilines is 1. The standard InChI is InChI=1S/C11H17N3.C2H6/c1-10-4-2-5-11(13-10)14-8-3-6-12-7-9-14;1-2/h2,4-5,12H,3,6-9H2,1H3;1-2H3. The molecule has 1 aliphatic heterocycles. The van der Waals surface area contributed by atoms with Crippen LogP contribution in [-0.4, -0.2) is 31.2 Å². The van der Waals surface area contributed by atoms with E-state index >= 15 is 0 Å². The minimum Gasteiger partial charge on any atom is -0.355 e. The lowest BCUT2D eigenvalue weighted by atomic mass is 10.3. The summed E-state index contributed by atoms with van der Waals surface area (Å²) in [5.41, 5.74) is 1.10. The summed E-state index contributed by atoms with van der Waals surface area (Å²) in [6, 6.07) is 6.22. The number of aryl methyl sites for hydroxylation is 1. The molecule has 0 saturated carbocycles. The molecule has 0 aliphatic carbocycles. The van der Waals surface area contributed by atoms with Crippen LogP contribution in [0.2, 0.25) is 0 Å². The Labute approximate surface area is 98.9 Å². The second kappa shape index (κ2) is 7.23. The molecule has 0 unspecified atom stereocenters. The lowest BCUT2D eigenvalue weighted by Gasteiger charge is -2.21. The van der Waals surface area contributed by atoms with Crippen LogP contribution >= 0.6 is 0 Å². The molecule has 2 heterocycles. The number of nitrogens with zero attached hydrogens (tertiary/aromatic N) is 2. The van der Waals surface area contributed by atoms with Crippen molar-refractivity contribution in [3.63, 3.8) is 0 Å². The van der Waals surface area contributed by atoms with Crippen molar-refractivity contribution in [1.82, 2.24) is 10.3 Å². The maximum absolute atomic E-state index is 4.54. The van der Waals surface area contributed by atoms with Gasteiger partial charge < -0.3 is 10.2 Å². The van der Waals surface area contributed by atoms with Crippen LogP contribution in [0.5, 0.6) is 0 Å². The van der Waals surface area contributed by atoms with Crippen molar-refractivity contribution in [1.29, 1.82) is 0 Å². The summed E-state index contributed by atoms with van der Waals surface area (Å²) in [7, 11) is 0. The summed E-state index contributed by atoms with van der Waals surface area (Å²) in [5, 5.41) is 3.39. The van der Waals surface area contributed by atoms with Crippen molar-refractivity contribution in [3.8, 4) is 0 Å². The molecule has 2 rings (SSSR count). The maximum atomic E-state index is 4.54. The van der Waals surface area contributed by atoms with Crippen LogP contribution in [-0.2, 0) is 0 Å². The molecule has 16 heavy (non-hydrogen) atoms. The third-order valence-electron chi connectivity index (χ3n) is 2.54. The van der Waals surface area contributed by atoms with Crippen LogP contribution in [0.4, 0.5) is 5.82 Å². The molecule has 3 nitrogen and oxygen atoms in total.